The number of aromatic nitrogens is 1. The molecule has 1 aromatic carbocycles. The molecule has 6 heteroatoms. The smallest absolute Gasteiger partial charge is 0.293 e. The number of oxazole rings is 1. The number of carbonyl (C=O) groups excluding carboxylic acids is 1. The summed E-state index contributed by atoms with van der Waals surface area (Å²) < 4.78 is 15.6. The van der Waals surface area contributed by atoms with Crippen LogP contribution in [0.15, 0.2) is 22.6 Å². The van der Waals surface area contributed by atoms with Crippen LogP contribution in [0, 0.1) is 13.8 Å². The van der Waals surface area contributed by atoms with Crippen LogP contribution in [-0.2, 0) is 0 Å². The zero-order chi connectivity index (χ0) is 14.7. The van der Waals surface area contributed by atoms with Gasteiger partial charge >= 0.3 is 0 Å². The van der Waals surface area contributed by atoms with Crippen molar-refractivity contribution in [1.82, 2.24) is 4.98 Å². The molecule has 6 nitrogen and oxygen atoms in total. The minimum absolute atomic E-state index is 0.187. The second-order valence-electron chi connectivity index (χ2n) is 4.17. The van der Waals surface area contributed by atoms with Gasteiger partial charge in [-0.3, -0.25) is 4.79 Å². The molecule has 0 atom stereocenters. The van der Waals surface area contributed by atoms with Crippen molar-refractivity contribution in [2.24, 2.45) is 0 Å². The molecule has 0 saturated carbocycles. The molecule has 106 valence electrons. The summed E-state index contributed by atoms with van der Waals surface area (Å²) in [5.74, 6) is 1.41. The molecular weight excluding hydrogens is 260 g/mol. The maximum absolute atomic E-state index is 12.2. The van der Waals surface area contributed by atoms with E-state index in [2.05, 4.69) is 10.3 Å². The second kappa shape index (κ2) is 5.64. The number of aryl methyl sites for hydroxylation is 2. The molecule has 0 aliphatic carbocycles. The first-order valence-corrected chi connectivity index (χ1v) is 6.02. The molecule has 20 heavy (non-hydrogen) atoms. The lowest BCUT2D eigenvalue weighted by molar-refractivity contribution is 0.0994. The van der Waals surface area contributed by atoms with Crippen LogP contribution in [0.4, 0.5) is 5.69 Å². The van der Waals surface area contributed by atoms with E-state index in [9.17, 15) is 4.79 Å². The molecule has 2 rings (SSSR count). The van der Waals surface area contributed by atoms with Crippen molar-refractivity contribution in [1.29, 1.82) is 0 Å². The average molecular weight is 276 g/mol. The van der Waals surface area contributed by atoms with Gasteiger partial charge in [0, 0.05) is 13.0 Å². The van der Waals surface area contributed by atoms with Crippen molar-refractivity contribution in [3.05, 3.63) is 35.5 Å². The molecule has 0 saturated heterocycles. The average Bonchev–Trinajstić information content (AvgIpc) is 2.77. The Bertz CT molecular complexity index is 634. The summed E-state index contributed by atoms with van der Waals surface area (Å²) in [6.07, 6.45) is 0. The van der Waals surface area contributed by atoms with Crippen molar-refractivity contribution < 1.29 is 18.7 Å². The number of hydrogen-bond donors (Lipinski definition) is 1. The highest BCUT2D eigenvalue weighted by atomic mass is 16.5. The van der Waals surface area contributed by atoms with E-state index < -0.39 is 0 Å². The van der Waals surface area contributed by atoms with Crippen LogP contribution in [0.3, 0.4) is 0 Å². The number of carbonyl (C=O) groups is 1. The van der Waals surface area contributed by atoms with Crippen LogP contribution in [0.25, 0.3) is 0 Å². The van der Waals surface area contributed by atoms with E-state index in [1.807, 2.05) is 0 Å². The van der Waals surface area contributed by atoms with Crippen molar-refractivity contribution in [3.63, 3.8) is 0 Å². The number of amides is 1. The summed E-state index contributed by atoms with van der Waals surface area (Å²) in [5.41, 5.74) is 1.05. The van der Waals surface area contributed by atoms with Crippen molar-refractivity contribution in [2.45, 2.75) is 13.8 Å². The lowest BCUT2D eigenvalue weighted by atomic mass is 10.2. The van der Waals surface area contributed by atoms with Crippen LogP contribution in [0.1, 0.15) is 22.1 Å². The molecule has 0 fully saturated rings. The van der Waals surface area contributed by atoms with Gasteiger partial charge in [-0.05, 0) is 19.1 Å². The quantitative estimate of drug-likeness (QED) is 0.929. The monoisotopic (exact) mass is 276 g/mol. The van der Waals surface area contributed by atoms with Gasteiger partial charge in [0.1, 0.15) is 11.5 Å². The van der Waals surface area contributed by atoms with E-state index in [0.29, 0.717) is 28.8 Å². The molecule has 1 N–H and O–H groups in total. The van der Waals surface area contributed by atoms with Crippen molar-refractivity contribution >= 4 is 11.6 Å². The third-order valence-electron chi connectivity index (χ3n) is 2.76. The molecule has 0 aliphatic heterocycles. The maximum Gasteiger partial charge on any atom is 0.293 e. The Morgan fingerprint density at radius 2 is 2.00 bits per heavy atom. The fourth-order valence-corrected chi connectivity index (χ4v) is 1.83. The topological polar surface area (TPSA) is 73.6 Å². The first-order chi connectivity index (χ1) is 9.55. The summed E-state index contributed by atoms with van der Waals surface area (Å²) >= 11 is 0. The first kappa shape index (κ1) is 13.9. The number of rotatable bonds is 4. The van der Waals surface area contributed by atoms with E-state index in [4.69, 9.17) is 13.9 Å². The van der Waals surface area contributed by atoms with Crippen LogP contribution in [0.2, 0.25) is 0 Å². The summed E-state index contributed by atoms with van der Waals surface area (Å²) in [4.78, 5) is 16.2. The van der Waals surface area contributed by atoms with Crippen LogP contribution in [-0.4, -0.2) is 25.1 Å². The van der Waals surface area contributed by atoms with Gasteiger partial charge in [0.15, 0.2) is 5.89 Å². The second-order valence-corrected chi connectivity index (χ2v) is 4.17. The van der Waals surface area contributed by atoms with Gasteiger partial charge in [0.25, 0.3) is 5.91 Å². The van der Waals surface area contributed by atoms with E-state index >= 15 is 0 Å². The van der Waals surface area contributed by atoms with E-state index in [1.165, 1.54) is 7.11 Å². The Kier molecular flexibility index (Phi) is 3.93. The third kappa shape index (κ3) is 2.74. The SMILES string of the molecule is COc1ccc(OC)c(NC(=O)c2oc(C)nc2C)c1. The maximum atomic E-state index is 12.2. The summed E-state index contributed by atoms with van der Waals surface area (Å²) in [6.45, 7) is 3.41. The lowest BCUT2D eigenvalue weighted by Gasteiger charge is -2.11. The van der Waals surface area contributed by atoms with Crippen LogP contribution >= 0.6 is 0 Å². The summed E-state index contributed by atoms with van der Waals surface area (Å²) in [5, 5.41) is 2.73. The molecule has 0 bridgehead atoms. The van der Waals surface area contributed by atoms with Crippen molar-refractivity contribution in [2.75, 3.05) is 19.5 Å². The fourth-order valence-electron chi connectivity index (χ4n) is 1.83. The zero-order valence-electron chi connectivity index (χ0n) is 11.8. The van der Waals surface area contributed by atoms with Crippen molar-refractivity contribution in [3.8, 4) is 11.5 Å². The zero-order valence-corrected chi connectivity index (χ0v) is 11.8. The van der Waals surface area contributed by atoms with E-state index in [0.717, 1.165) is 0 Å². The first-order valence-electron chi connectivity index (χ1n) is 6.02. The molecule has 0 unspecified atom stereocenters. The molecule has 0 radical (unpaired) electrons. The lowest BCUT2D eigenvalue weighted by Crippen LogP contribution is -2.13. The number of nitrogens with zero attached hydrogens (tertiary/aromatic N) is 1. The number of methoxy groups -OCH3 is 2. The number of nitrogens with one attached hydrogen (secondary N) is 1. The van der Waals surface area contributed by atoms with Gasteiger partial charge in [-0.1, -0.05) is 0 Å². The van der Waals surface area contributed by atoms with Gasteiger partial charge in [0.2, 0.25) is 5.76 Å². The highest BCUT2D eigenvalue weighted by Crippen LogP contribution is 2.29. The largest absolute Gasteiger partial charge is 0.497 e. The standard InChI is InChI=1S/C14H16N2O4/c1-8-13(20-9(2)15-8)14(17)16-11-7-10(18-3)5-6-12(11)19-4/h5-7H,1-4H3,(H,16,17). The Morgan fingerprint density at radius 3 is 2.55 bits per heavy atom. The molecule has 0 spiro atoms. The highest BCUT2D eigenvalue weighted by molar-refractivity contribution is 6.03. The summed E-state index contributed by atoms with van der Waals surface area (Å²) in [7, 11) is 3.08. The predicted molar refractivity (Wildman–Crippen MR) is 73.5 cm³/mol. The molecule has 0 aliphatic rings. The molecule has 1 heterocycles. The number of benzene rings is 1. The minimum atomic E-state index is -0.380. The Labute approximate surface area is 116 Å². The van der Waals surface area contributed by atoms with Gasteiger partial charge in [-0.2, -0.15) is 0 Å². The van der Waals surface area contributed by atoms with Gasteiger partial charge in [-0.25, -0.2) is 4.98 Å². The highest BCUT2D eigenvalue weighted by Gasteiger charge is 2.17. The van der Waals surface area contributed by atoms with Crippen LogP contribution < -0.4 is 14.8 Å². The number of ether oxygens (including phenoxy) is 2. The Balaban J connectivity index is 2.29. The van der Waals surface area contributed by atoms with Gasteiger partial charge in [0.05, 0.1) is 25.6 Å². The molecule has 2 aromatic rings. The third-order valence-corrected chi connectivity index (χ3v) is 2.76. The predicted octanol–water partition coefficient (Wildman–Crippen LogP) is 2.56. The van der Waals surface area contributed by atoms with Gasteiger partial charge < -0.3 is 19.2 Å². The Hall–Kier alpha value is -2.50. The Morgan fingerprint density at radius 1 is 1.25 bits per heavy atom. The number of anilines is 1. The normalized spacial score (nSPS) is 10.2. The summed E-state index contributed by atoms with van der Waals surface area (Å²) in [6, 6.07) is 5.14. The van der Waals surface area contributed by atoms with E-state index in [-0.39, 0.29) is 11.7 Å². The minimum Gasteiger partial charge on any atom is -0.497 e. The molecular formula is C14H16N2O4. The van der Waals surface area contributed by atoms with Gasteiger partial charge in [-0.15, -0.1) is 0 Å². The number of hydrogen-bond acceptors (Lipinski definition) is 5. The van der Waals surface area contributed by atoms with E-state index in [1.54, 1.807) is 39.2 Å². The van der Waals surface area contributed by atoms with Crippen LogP contribution in [0.5, 0.6) is 11.5 Å². The molecule has 1 amide bonds. The fraction of sp³-hybridized carbons (Fsp3) is 0.286. The molecule has 1 aromatic heterocycles.